The summed E-state index contributed by atoms with van der Waals surface area (Å²) in [7, 11) is 0. The van der Waals surface area contributed by atoms with Crippen LogP contribution in [0, 0.1) is 18.7 Å². The predicted octanol–water partition coefficient (Wildman–Crippen LogP) is 3.14. The highest BCUT2D eigenvalue weighted by Gasteiger charge is 2.38. The average molecular weight is 248 g/mol. The Morgan fingerprint density at radius 1 is 1.39 bits per heavy atom. The molecule has 1 aliphatic carbocycles. The van der Waals surface area contributed by atoms with E-state index in [1.54, 1.807) is 6.07 Å². The smallest absolute Gasteiger partial charge is 0.126 e. The maximum Gasteiger partial charge on any atom is 0.126 e. The Balaban J connectivity index is 2.02. The Labute approximate surface area is 108 Å². The molecule has 2 aliphatic rings. The van der Waals surface area contributed by atoms with Crippen molar-refractivity contribution in [2.45, 2.75) is 45.2 Å². The molecule has 1 saturated carbocycles. The number of hydrogen-bond acceptors (Lipinski definition) is 2. The second kappa shape index (κ2) is 4.23. The van der Waals surface area contributed by atoms with E-state index in [1.165, 1.54) is 19.3 Å². The van der Waals surface area contributed by atoms with Gasteiger partial charge in [-0.1, -0.05) is 0 Å². The average Bonchev–Trinajstić information content (AvgIpc) is 2.93. The van der Waals surface area contributed by atoms with Crippen molar-refractivity contribution < 1.29 is 4.39 Å². The van der Waals surface area contributed by atoms with Gasteiger partial charge in [-0.2, -0.15) is 0 Å². The molecule has 2 fully saturated rings. The zero-order valence-electron chi connectivity index (χ0n) is 11.1. The molecule has 1 heterocycles. The SMILES string of the molecule is Cc1cc(N2CC3CCC2C3)c([C@@H](C)N)cc1F. The van der Waals surface area contributed by atoms with Crippen molar-refractivity contribution >= 4 is 5.69 Å². The second-order valence-corrected chi connectivity index (χ2v) is 5.93. The summed E-state index contributed by atoms with van der Waals surface area (Å²) in [5, 5.41) is 0. The maximum atomic E-state index is 13.7. The summed E-state index contributed by atoms with van der Waals surface area (Å²) in [4.78, 5) is 2.46. The Hall–Kier alpha value is -1.09. The van der Waals surface area contributed by atoms with Crippen molar-refractivity contribution in [3.63, 3.8) is 0 Å². The first-order valence-corrected chi connectivity index (χ1v) is 6.88. The first kappa shape index (κ1) is 12.0. The van der Waals surface area contributed by atoms with Crippen LogP contribution in [0.4, 0.5) is 10.1 Å². The highest BCUT2D eigenvalue weighted by atomic mass is 19.1. The second-order valence-electron chi connectivity index (χ2n) is 5.93. The lowest BCUT2D eigenvalue weighted by molar-refractivity contribution is 0.550. The van der Waals surface area contributed by atoms with Crippen molar-refractivity contribution in [3.8, 4) is 0 Å². The lowest BCUT2D eigenvalue weighted by atomic mass is 10.0. The molecule has 98 valence electrons. The van der Waals surface area contributed by atoms with Crippen LogP contribution in [-0.2, 0) is 0 Å². The van der Waals surface area contributed by atoms with Gasteiger partial charge < -0.3 is 10.6 Å². The predicted molar refractivity (Wildman–Crippen MR) is 72.2 cm³/mol. The minimum Gasteiger partial charge on any atom is -0.368 e. The number of aryl methyl sites for hydroxylation is 1. The normalized spacial score (nSPS) is 27.9. The monoisotopic (exact) mass is 248 g/mol. The molecule has 1 aromatic carbocycles. The van der Waals surface area contributed by atoms with E-state index in [1.807, 2.05) is 19.9 Å². The zero-order valence-corrected chi connectivity index (χ0v) is 11.1. The number of fused-ring (bicyclic) bond motifs is 2. The molecule has 2 unspecified atom stereocenters. The van der Waals surface area contributed by atoms with Crippen molar-refractivity contribution in [2.75, 3.05) is 11.4 Å². The van der Waals surface area contributed by atoms with Crippen LogP contribution in [0.25, 0.3) is 0 Å². The van der Waals surface area contributed by atoms with E-state index in [9.17, 15) is 4.39 Å². The number of rotatable bonds is 2. The molecule has 2 nitrogen and oxygen atoms in total. The van der Waals surface area contributed by atoms with Gasteiger partial charge >= 0.3 is 0 Å². The molecular weight excluding hydrogens is 227 g/mol. The number of anilines is 1. The summed E-state index contributed by atoms with van der Waals surface area (Å²) < 4.78 is 13.7. The fourth-order valence-electron chi connectivity index (χ4n) is 3.51. The third-order valence-corrected chi connectivity index (χ3v) is 4.52. The van der Waals surface area contributed by atoms with Gasteiger partial charge in [0.15, 0.2) is 0 Å². The minimum absolute atomic E-state index is 0.116. The molecule has 2 N–H and O–H groups in total. The highest BCUT2D eigenvalue weighted by molar-refractivity contribution is 5.59. The van der Waals surface area contributed by atoms with Crippen molar-refractivity contribution in [2.24, 2.45) is 11.7 Å². The van der Waals surface area contributed by atoms with Crippen LogP contribution >= 0.6 is 0 Å². The van der Waals surface area contributed by atoms with E-state index in [-0.39, 0.29) is 11.9 Å². The zero-order chi connectivity index (χ0) is 12.9. The summed E-state index contributed by atoms with van der Waals surface area (Å²) in [5.74, 6) is 0.691. The summed E-state index contributed by atoms with van der Waals surface area (Å²) >= 11 is 0. The third-order valence-electron chi connectivity index (χ3n) is 4.52. The number of halogens is 1. The van der Waals surface area contributed by atoms with Crippen LogP contribution in [-0.4, -0.2) is 12.6 Å². The van der Waals surface area contributed by atoms with E-state index in [2.05, 4.69) is 4.90 Å². The lowest BCUT2D eigenvalue weighted by Crippen LogP contribution is -2.33. The molecular formula is C15H21FN2. The van der Waals surface area contributed by atoms with Crippen molar-refractivity contribution in [3.05, 3.63) is 29.1 Å². The molecule has 3 rings (SSSR count). The Morgan fingerprint density at radius 3 is 2.72 bits per heavy atom. The molecule has 0 spiro atoms. The van der Waals surface area contributed by atoms with Crippen LogP contribution in [0.1, 0.15) is 43.4 Å². The van der Waals surface area contributed by atoms with E-state index in [0.29, 0.717) is 6.04 Å². The van der Waals surface area contributed by atoms with Gasteiger partial charge in [0, 0.05) is 24.3 Å². The van der Waals surface area contributed by atoms with Crippen LogP contribution in [0.15, 0.2) is 12.1 Å². The largest absolute Gasteiger partial charge is 0.368 e. The fourth-order valence-corrected chi connectivity index (χ4v) is 3.51. The van der Waals surface area contributed by atoms with Gasteiger partial charge in [-0.3, -0.25) is 0 Å². The van der Waals surface area contributed by atoms with Gasteiger partial charge in [0.2, 0.25) is 0 Å². The summed E-state index contributed by atoms with van der Waals surface area (Å²) in [6.45, 7) is 4.88. The van der Waals surface area contributed by atoms with Crippen LogP contribution in [0.2, 0.25) is 0 Å². The van der Waals surface area contributed by atoms with Gasteiger partial charge in [0.05, 0.1) is 0 Å². The quantitative estimate of drug-likeness (QED) is 0.871. The number of nitrogens with zero attached hydrogens (tertiary/aromatic N) is 1. The van der Waals surface area contributed by atoms with E-state index in [0.717, 1.165) is 29.3 Å². The van der Waals surface area contributed by atoms with Crippen LogP contribution in [0.5, 0.6) is 0 Å². The topological polar surface area (TPSA) is 29.3 Å². The molecule has 1 saturated heterocycles. The summed E-state index contributed by atoms with van der Waals surface area (Å²) in [5.41, 5.74) is 8.84. The maximum absolute atomic E-state index is 13.7. The van der Waals surface area contributed by atoms with E-state index < -0.39 is 0 Å². The molecule has 18 heavy (non-hydrogen) atoms. The van der Waals surface area contributed by atoms with E-state index >= 15 is 0 Å². The van der Waals surface area contributed by atoms with Gasteiger partial charge in [0.25, 0.3) is 0 Å². The molecule has 1 aromatic rings. The third kappa shape index (κ3) is 1.81. The number of hydrogen-bond donors (Lipinski definition) is 1. The fraction of sp³-hybridized carbons (Fsp3) is 0.600. The minimum atomic E-state index is -0.143. The number of nitrogens with two attached hydrogens (primary N) is 1. The van der Waals surface area contributed by atoms with Gasteiger partial charge in [-0.25, -0.2) is 4.39 Å². The van der Waals surface area contributed by atoms with E-state index in [4.69, 9.17) is 5.73 Å². The van der Waals surface area contributed by atoms with Gasteiger partial charge in [-0.15, -0.1) is 0 Å². The van der Waals surface area contributed by atoms with Crippen molar-refractivity contribution in [1.82, 2.24) is 0 Å². The first-order chi connectivity index (χ1) is 8.56. The van der Waals surface area contributed by atoms with Gasteiger partial charge in [-0.05, 0) is 62.3 Å². The molecule has 3 heteroatoms. The molecule has 3 atom stereocenters. The standard InChI is InChI=1S/C15H21FN2/c1-9-5-15(13(10(2)17)7-14(9)16)18-8-11-3-4-12(18)6-11/h5,7,10-12H,3-4,6,8,17H2,1-2H3/t10-,11?,12?/m1/s1. The Kier molecular flexibility index (Phi) is 2.81. The highest BCUT2D eigenvalue weighted by Crippen LogP contribution is 2.42. The van der Waals surface area contributed by atoms with Crippen LogP contribution in [0.3, 0.4) is 0 Å². The first-order valence-electron chi connectivity index (χ1n) is 6.88. The summed E-state index contributed by atoms with van der Waals surface area (Å²) in [6.07, 6.45) is 3.93. The molecule has 0 amide bonds. The molecule has 0 radical (unpaired) electrons. The number of benzene rings is 1. The number of piperidine rings is 1. The summed E-state index contributed by atoms with van der Waals surface area (Å²) in [6, 6.07) is 4.14. The molecule has 2 bridgehead atoms. The van der Waals surface area contributed by atoms with Crippen LogP contribution < -0.4 is 10.6 Å². The van der Waals surface area contributed by atoms with Gasteiger partial charge in [0.1, 0.15) is 5.82 Å². The molecule has 1 aliphatic heterocycles. The van der Waals surface area contributed by atoms with Crippen molar-refractivity contribution in [1.29, 1.82) is 0 Å². The lowest BCUT2D eigenvalue weighted by Gasteiger charge is -2.32. The Morgan fingerprint density at radius 2 is 2.17 bits per heavy atom. The Bertz CT molecular complexity index is 470. The molecule has 0 aromatic heterocycles.